The average molecular weight is 425 g/mol. The van der Waals surface area contributed by atoms with E-state index >= 15 is 0 Å². The van der Waals surface area contributed by atoms with Crippen molar-refractivity contribution in [2.45, 2.75) is 44.1 Å². The molecule has 9 heteroatoms. The summed E-state index contributed by atoms with van der Waals surface area (Å²) in [6.07, 6.45) is 9.75. The molecule has 2 atom stereocenters. The molecule has 3 heterocycles. The van der Waals surface area contributed by atoms with Crippen LogP contribution in [0.1, 0.15) is 43.6 Å². The molecule has 2 N–H and O–H groups in total. The molecular weight excluding hydrogens is 392 g/mol. The van der Waals surface area contributed by atoms with Gasteiger partial charge in [0.1, 0.15) is 0 Å². The topological polar surface area (TPSA) is 82.5 Å². The Hall–Kier alpha value is -1.80. The van der Waals surface area contributed by atoms with E-state index < -0.39 is 0 Å². The molecule has 2 saturated heterocycles. The van der Waals surface area contributed by atoms with E-state index in [0.717, 1.165) is 24.9 Å². The van der Waals surface area contributed by atoms with Crippen molar-refractivity contribution in [1.29, 1.82) is 0 Å². The highest BCUT2D eigenvalue weighted by molar-refractivity contribution is 5.85. The number of nitrogens with zero attached hydrogens (tertiary/aromatic N) is 4. The van der Waals surface area contributed by atoms with Gasteiger partial charge in [-0.1, -0.05) is 19.3 Å². The molecule has 1 saturated carbocycles. The predicted octanol–water partition coefficient (Wildman–Crippen LogP) is 1.33. The number of carbonyl (C=O) groups excluding carboxylic acids is 2. The standard InChI is InChI=1S/C20H32N6O2.ClH/c1-24-14-15(11-22-24)17-12-21-13-18(17)19(27)25-7-9-26(10-8-25)20(28)23-16-5-3-2-4-6-16;/h11,14,16-18,21H,2-10,12-13H2,1H3,(H,23,28);1H/t17-,18+;/m1./s1. The Labute approximate surface area is 178 Å². The molecule has 1 aromatic rings. The lowest BCUT2D eigenvalue weighted by Crippen LogP contribution is -2.55. The first-order valence-electron chi connectivity index (χ1n) is 10.7. The summed E-state index contributed by atoms with van der Waals surface area (Å²) in [7, 11) is 1.90. The van der Waals surface area contributed by atoms with Crippen molar-refractivity contribution in [2.24, 2.45) is 13.0 Å². The zero-order chi connectivity index (χ0) is 19.5. The Bertz CT molecular complexity index is 697. The Morgan fingerprint density at radius 3 is 2.41 bits per heavy atom. The number of hydrogen-bond acceptors (Lipinski definition) is 4. The van der Waals surface area contributed by atoms with Crippen LogP contribution >= 0.6 is 12.4 Å². The molecule has 162 valence electrons. The number of aromatic nitrogens is 2. The summed E-state index contributed by atoms with van der Waals surface area (Å²) in [5, 5.41) is 10.8. The first kappa shape index (κ1) is 21.9. The number of rotatable bonds is 3. The fraction of sp³-hybridized carbons (Fsp3) is 0.750. The van der Waals surface area contributed by atoms with Gasteiger partial charge < -0.3 is 20.4 Å². The number of nitrogens with one attached hydrogen (secondary N) is 2. The van der Waals surface area contributed by atoms with E-state index in [-0.39, 0.29) is 36.2 Å². The zero-order valence-electron chi connectivity index (χ0n) is 17.2. The van der Waals surface area contributed by atoms with Gasteiger partial charge in [-0.05, 0) is 18.4 Å². The number of hydrogen-bond donors (Lipinski definition) is 2. The molecule has 0 spiro atoms. The van der Waals surface area contributed by atoms with Gasteiger partial charge in [0.25, 0.3) is 0 Å². The summed E-state index contributed by atoms with van der Waals surface area (Å²) < 4.78 is 1.79. The zero-order valence-corrected chi connectivity index (χ0v) is 18.0. The first-order chi connectivity index (χ1) is 13.6. The highest BCUT2D eigenvalue weighted by Crippen LogP contribution is 2.29. The number of piperazine rings is 1. The van der Waals surface area contributed by atoms with Gasteiger partial charge in [0.15, 0.2) is 0 Å². The van der Waals surface area contributed by atoms with Crippen molar-refractivity contribution >= 4 is 24.3 Å². The summed E-state index contributed by atoms with van der Waals surface area (Å²) in [5.41, 5.74) is 1.12. The van der Waals surface area contributed by atoms with Gasteiger partial charge in [-0.25, -0.2) is 4.79 Å². The lowest BCUT2D eigenvalue weighted by Gasteiger charge is -2.37. The summed E-state index contributed by atoms with van der Waals surface area (Å²) in [6, 6.07) is 0.362. The van der Waals surface area contributed by atoms with Crippen molar-refractivity contribution in [2.75, 3.05) is 39.3 Å². The van der Waals surface area contributed by atoms with Gasteiger partial charge in [-0.3, -0.25) is 9.48 Å². The predicted molar refractivity (Wildman–Crippen MR) is 113 cm³/mol. The van der Waals surface area contributed by atoms with E-state index in [0.29, 0.717) is 38.8 Å². The maximum atomic E-state index is 13.1. The minimum Gasteiger partial charge on any atom is -0.339 e. The molecule has 3 aliphatic rings. The van der Waals surface area contributed by atoms with Crippen LogP contribution in [-0.2, 0) is 11.8 Å². The highest BCUT2D eigenvalue weighted by Gasteiger charge is 2.38. The Balaban J connectivity index is 0.00000240. The highest BCUT2D eigenvalue weighted by atomic mass is 35.5. The number of urea groups is 1. The molecule has 1 aliphatic carbocycles. The molecule has 29 heavy (non-hydrogen) atoms. The van der Waals surface area contributed by atoms with Crippen LogP contribution in [0.5, 0.6) is 0 Å². The minimum atomic E-state index is -0.0492. The van der Waals surface area contributed by atoms with Crippen LogP contribution in [0.25, 0.3) is 0 Å². The van der Waals surface area contributed by atoms with Gasteiger partial charge in [-0.15, -0.1) is 12.4 Å². The van der Waals surface area contributed by atoms with Gasteiger partial charge in [0.2, 0.25) is 5.91 Å². The minimum absolute atomic E-state index is 0. The Morgan fingerprint density at radius 1 is 1.07 bits per heavy atom. The smallest absolute Gasteiger partial charge is 0.317 e. The number of aryl methyl sites for hydroxylation is 1. The van der Waals surface area contributed by atoms with Crippen molar-refractivity contribution in [3.05, 3.63) is 18.0 Å². The van der Waals surface area contributed by atoms with Crippen molar-refractivity contribution in [1.82, 2.24) is 30.2 Å². The molecule has 1 aromatic heterocycles. The molecule has 0 bridgehead atoms. The number of carbonyl (C=O) groups is 2. The van der Waals surface area contributed by atoms with Crippen LogP contribution in [-0.4, -0.2) is 76.8 Å². The van der Waals surface area contributed by atoms with E-state index in [2.05, 4.69) is 15.7 Å². The SMILES string of the molecule is Cl.Cn1cc([C@H]2CNC[C@@H]2C(=O)N2CCN(C(=O)NC3CCCCC3)CC2)cn1. The van der Waals surface area contributed by atoms with Crippen LogP contribution in [0.2, 0.25) is 0 Å². The summed E-state index contributed by atoms with van der Waals surface area (Å²) >= 11 is 0. The lowest BCUT2D eigenvalue weighted by atomic mass is 9.89. The molecule has 3 fully saturated rings. The first-order valence-corrected chi connectivity index (χ1v) is 10.7. The van der Waals surface area contributed by atoms with E-state index in [1.54, 1.807) is 4.68 Å². The van der Waals surface area contributed by atoms with Gasteiger partial charge in [-0.2, -0.15) is 5.10 Å². The molecule has 2 aliphatic heterocycles. The van der Waals surface area contributed by atoms with E-state index in [1.807, 2.05) is 29.2 Å². The molecule has 0 aromatic carbocycles. The van der Waals surface area contributed by atoms with Gasteiger partial charge in [0.05, 0.1) is 12.1 Å². The third-order valence-corrected chi connectivity index (χ3v) is 6.50. The molecule has 0 radical (unpaired) electrons. The fourth-order valence-electron chi connectivity index (χ4n) is 4.80. The average Bonchev–Trinajstić information content (AvgIpc) is 3.37. The lowest BCUT2D eigenvalue weighted by molar-refractivity contribution is -0.136. The van der Waals surface area contributed by atoms with E-state index in [9.17, 15) is 9.59 Å². The van der Waals surface area contributed by atoms with Crippen LogP contribution in [0.3, 0.4) is 0 Å². The van der Waals surface area contributed by atoms with Crippen LogP contribution in [0.4, 0.5) is 4.79 Å². The maximum Gasteiger partial charge on any atom is 0.317 e. The Kier molecular flexibility index (Phi) is 7.40. The van der Waals surface area contributed by atoms with Crippen LogP contribution < -0.4 is 10.6 Å². The molecule has 4 rings (SSSR count). The van der Waals surface area contributed by atoms with E-state index in [4.69, 9.17) is 0 Å². The monoisotopic (exact) mass is 424 g/mol. The van der Waals surface area contributed by atoms with Gasteiger partial charge >= 0.3 is 6.03 Å². The second-order valence-electron chi connectivity index (χ2n) is 8.42. The van der Waals surface area contributed by atoms with E-state index in [1.165, 1.54) is 19.3 Å². The quantitative estimate of drug-likeness (QED) is 0.766. The van der Waals surface area contributed by atoms with Crippen molar-refractivity contribution in [3.8, 4) is 0 Å². The largest absolute Gasteiger partial charge is 0.339 e. The van der Waals surface area contributed by atoms with Crippen molar-refractivity contribution < 1.29 is 9.59 Å². The van der Waals surface area contributed by atoms with Gasteiger partial charge in [0, 0.05) is 64.5 Å². The molecule has 0 unspecified atom stereocenters. The molecule has 8 nitrogen and oxygen atoms in total. The van der Waals surface area contributed by atoms with Crippen molar-refractivity contribution in [3.63, 3.8) is 0 Å². The maximum absolute atomic E-state index is 13.1. The second kappa shape index (κ2) is 9.80. The number of amides is 3. The molecule has 3 amide bonds. The van der Waals surface area contributed by atoms with Crippen LogP contribution in [0, 0.1) is 5.92 Å². The third-order valence-electron chi connectivity index (χ3n) is 6.50. The second-order valence-corrected chi connectivity index (χ2v) is 8.42. The Morgan fingerprint density at radius 2 is 1.76 bits per heavy atom. The third kappa shape index (κ3) is 5.04. The van der Waals surface area contributed by atoms with Crippen LogP contribution in [0.15, 0.2) is 12.4 Å². The summed E-state index contributed by atoms with van der Waals surface area (Å²) in [6.45, 7) is 3.98. The summed E-state index contributed by atoms with van der Waals surface area (Å²) in [4.78, 5) is 29.5. The summed E-state index contributed by atoms with van der Waals surface area (Å²) in [5.74, 6) is 0.326. The number of halogens is 1. The fourth-order valence-corrected chi connectivity index (χ4v) is 4.80. The normalized spacial score (nSPS) is 25.6. The molecular formula is C20H33ClN6O2.